The third-order valence-corrected chi connectivity index (χ3v) is 2.20. The minimum absolute atomic E-state index is 0.102. The highest BCUT2D eigenvalue weighted by Crippen LogP contribution is 2.14. The Balaban J connectivity index is 2.66. The summed E-state index contributed by atoms with van der Waals surface area (Å²) in [6.07, 6.45) is 3.69. The van der Waals surface area contributed by atoms with Crippen molar-refractivity contribution in [3.63, 3.8) is 0 Å². The summed E-state index contributed by atoms with van der Waals surface area (Å²) in [5.74, 6) is 0.811. The van der Waals surface area contributed by atoms with Crippen LogP contribution >= 0.6 is 0 Å². The van der Waals surface area contributed by atoms with E-state index in [1.807, 2.05) is 36.4 Å². The van der Waals surface area contributed by atoms with Crippen molar-refractivity contribution in [3.05, 3.63) is 35.4 Å². The maximum Gasteiger partial charge on any atom is 0.130 e. The summed E-state index contributed by atoms with van der Waals surface area (Å²) in [5, 5.41) is 17.2. The van der Waals surface area contributed by atoms with Gasteiger partial charge >= 0.3 is 0 Å². The zero-order valence-electron chi connectivity index (χ0n) is 9.81. The van der Waals surface area contributed by atoms with Crippen molar-refractivity contribution in [1.82, 2.24) is 0 Å². The molecule has 0 bridgehead atoms. The topological polar surface area (TPSA) is 56.8 Å². The molecule has 0 unspecified atom stereocenters. The quantitative estimate of drug-likeness (QED) is 0.571. The van der Waals surface area contributed by atoms with E-state index in [9.17, 15) is 0 Å². The number of ether oxygens (including phenoxy) is 1. The molecular formula is C14H14N2O. The molecule has 0 fully saturated rings. The summed E-state index contributed by atoms with van der Waals surface area (Å²) in [4.78, 5) is 0. The van der Waals surface area contributed by atoms with Crippen molar-refractivity contribution < 1.29 is 4.74 Å². The van der Waals surface area contributed by atoms with Gasteiger partial charge in [0, 0.05) is 0 Å². The Morgan fingerprint density at radius 2 is 1.88 bits per heavy atom. The second kappa shape index (κ2) is 7.09. The van der Waals surface area contributed by atoms with Crippen LogP contribution in [-0.4, -0.2) is 6.61 Å². The summed E-state index contributed by atoms with van der Waals surface area (Å²) < 4.78 is 5.51. The standard InChI is InChI=1S/C14H14N2O/c1-2-3-8-17-14-6-4-12(5-7-14)9-13(10-15)11-16/h4-7,9H,2-3,8H2,1H3. The molecule has 0 atom stereocenters. The molecule has 0 aromatic heterocycles. The molecule has 3 heteroatoms. The second-order valence-electron chi connectivity index (χ2n) is 3.55. The van der Waals surface area contributed by atoms with E-state index >= 15 is 0 Å². The molecule has 0 heterocycles. The molecule has 0 amide bonds. The highest BCUT2D eigenvalue weighted by molar-refractivity contribution is 5.62. The molecule has 0 N–H and O–H groups in total. The van der Waals surface area contributed by atoms with Crippen molar-refractivity contribution in [1.29, 1.82) is 10.5 Å². The third-order valence-electron chi connectivity index (χ3n) is 2.20. The first-order chi connectivity index (χ1) is 8.30. The molecule has 86 valence electrons. The Morgan fingerprint density at radius 3 is 2.41 bits per heavy atom. The zero-order chi connectivity index (χ0) is 12.5. The van der Waals surface area contributed by atoms with E-state index < -0.39 is 0 Å². The first-order valence-corrected chi connectivity index (χ1v) is 5.55. The van der Waals surface area contributed by atoms with Gasteiger partial charge in [-0.25, -0.2) is 0 Å². The van der Waals surface area contributed by atoms with E-state index in [1.165, 1.54) is 0 Å². The van der Waals surface area contributed by atoms with Crippen LogP contribution in [0, 0.1) is 22.7 Å². The average Bonchev–Trinajstić information content (AvgIpc) is 2.38. The predicted molar refractivity (Wildman–Crippen MR) is 66.0 cm³/mol. The number of unbranched alkanes of at least 4 members (excludes halogenated alkanes) is 1. The maximum absolute atomic E-state index is 8.62. The lowest BCUT2D eigenvalue weighted by molar-refractivity contribution is 0.309. The Hall–Kier alpha value is -2.26. The van der Waals surface area contributed by atoms with Crippen molar-refractivity contribution in [2.45, 2.75) is 19.8 Å². The lowest BCUT2D eigenvalue weighted by Crippen LogP contribution is -1.95. The Bertz CT molecular complexity index is 444. The summed E-state index contributed by atoms with van der Waals surface area (Å²) in [6.45, 7) is 2.83. The van der Waals surface area contributed by atoms with E-state index in [4.69, 9.17) is 15.3 Å². The normalized spacial score (nSPS) is 8.88. The van der Waals surface area contributed by atoms with Gasteiger partial charge in [-0.15, -0.1) is 0 Å². The van der Waals surface area contributed by atoms with Gasteiger partial charge < -0.3 is 4.74 Å². The zero-order valence-corrected chi connectivity index (χ0v) is 9.81. The number of nitriles is 2. The first kappa shape index (κ1) is 12.8. The molecule has 0 radical (unpaired) electrons. The van der Waals surface area contributed by atoms with Crippen LogP contribution in [0.3, 0.4) is 0 Å². The van der Waals surface area contributed by atoms with Gasteiger partial charge in [-0.2, -0.15) is 10.5 Å². The third kappa shape index (κ3) is 4.40. The van der Waals surface area contributed by atoms with Crippen molar-refractivity contribution in [3.8, 4) is 17.9 Å². The van der Waals surface area contributed by atoms with Crippen molar-refractivity contribution in [2.24, 2.45) is 0 Å². The van der Waals surface area contributed by atoms with Crippen molar-refractivity contribution >= 4 is 6.08 Å². The summed E-state index contributed by atoms with van der Waals surface area (Å²) in [7, 11) is 0. The Kier molecular flexibility index (Phi) is 5.34. The molecule has 17 heavy (non-hydrogen) atoms. The van der Waals surface area contributed by atoms with Gasteiger partial charge in [0.1, 0.15) is 23.5 Å². The van der Waals surface area contributed by atoms with Gasteiger partial charge in [-0.3, -0.25) is 0 Å². The van der Waals surface area contributed by atoms with Gasteiger partial charge in [0.2, 0.25) is 0 Å². The minimum Gasteiger partial charge on any atom is -0.494 e. The minimum atomic E-state index is 0.102. The van der Waals surface area contributed by atoms with Gasteiger partial charge in [0.25, 0.3) is 0 Å². The monoisotopic (exact) mass is 226 g/mol. The Morgan fingerprint density at radius 1 is 1.24 bits per heavy atom. The number of rotatable bonds is 5. The number of hydrogen-bond acceptors (Lipinski definition) is 3. The number of hydrogen-bond donors (Lipinski definition) is 0. The molecule has 1 aromatic carbocycles. The highest BCUT2D eigenvalue weighted by atomic mass is 16.5. The SMILES string of the molecule is CCCCOc1ccc(C=C(C#N)C#N)cc1. The van der Waals surface area contributed by atoms with Crippen LogP contribution in [0.2, 0.25) is 0 Å². The van der Waals surface area contributed by atoms with Crippen LogP contribution in [0.5, 0.6) is 5.75 Å². The molecule has 1 aromatic rings. The van der Waals surface area contributed by atoms with E-state index in [2.05, 4.69) is 6.92 Å². The molecule has 3 nitrogen and oxygen atoms in total. The summed E-state index contributed by atoms with van der Waals surface area (Å²) >= 11 is 0. The van der Waals surface area contributed by atoms with Crippen molar-refractivity contribution in [2.75, 3.05) is 6.61 Å². The Labute approximate surface area is 102 Å². The van der Waals surface area contributed by atoms with E-state index in [0.717, 1.165) is 24.2 Å². The van der Waals surface area contributed by atoms with Crippen LogP contribution in [0.25, 0.3) is 6.08 Å². The summed E-state index contributed by atoms with van der Waals surface area (Å²) in [6, 6.07) is 11.0. The summed E-state index contributed by atoms with van der Waals surface area (Å²) in [5.41, 5.74) is 0.926. The van der Waals surface area contributed by atoms with Gasteiger partial charge in [-0.05, 0) is 30.2 Å². The second-order valence-corrected chi connectivity index (χ2v) is 3.55. The van der Waals surface area contributed by atoms with Gasteiger partial charge in [-0.1, -0.05) is 25.5 Å². The molecule has 0 aliphatic heterocycles. The first-order valence-electron chi connectivity index (χ1n) is 5.55. The van der Waals surface area contributed by atoms with Gasteiger partial charge in [0.05, 0.1) is 6.61 Å². The molecular weight excluding hydrogens is 212 g/mol. The largest absolute Gasteiger partial charge is 0.494 e. The molecule has 0 saturated carbocycles. The number of nitrogens with zero attached hydrogens (tertiary/aromatic N) is 2. The smallest absolute Gasteiger partial charge is 0.130 e. The van der Waals surface area contributed by atoms with E-state index in [-0.39, 0.29) is 5.57 Å². The lowest BCUT2D eigenvalue weighted by Gasteiger charge is -2.04. The van der Waals surface area contributed by atoms with Crippen LogP contribution in [0.15, 0.2) is 29.8 Å². The fraction of sp³-hybridized carbons (Fsp3) is 0.286. The van der Waals surface area contributed by atoms with Crippen LogP contribution in [-0.2, 0) is 0 Å². The van der Waals surface area contributed by atoms with Gasteiger partial charge in [0.15, 0.2) is 0 Å². The van der Waals surface area contributed by atoms with Crippen LogP contribution in [0.4, 0.5) is 0 Å². The average molecular weight is 226 g/mol. The molecule has 0 aliphatic carbocycles. The number of benzene rings is 1. The highest BCUT2D eigenvalue weighted by Gasteiger charge is 1.96. The molecule has 0 aliphatic rings. The van der Waals surface area contributed by atoms with E-state index in [0.29, 0.717) is 6.61 Å². The maximum atomic E-state index is 8.62. The fourth-order valence-corrected chi connectivity index (χ4v) is 1.25. The predicted octanol–water partition coefficient (Wildman–Crippen LogP) is 3.30. The lowest BCUT2D eigenvalue weighted by atomic mass is 10.1. The number of allylic oxidation sites excluding steroid dienone is 1. The molecule has 0 spiro atoms. The fourth-order valence-electron chi connectivity index (χ4n) is 1.25. The molecule has 0 saturated heterocycles. The van der Waals surface area contributed by atoms with E-state index in [1.54, 1.807) is 6.08 Å². The van der Waals surface area contributed by atoms with Crippen LogP contribution in [0.1, 0.15) is 25.3 Å². The molecule has 1 rings (SSSR count). The van der Waals surface area contributed by atoms with Crippen LogP contribution < -0.4 is 4.74 Å².